The molecule has 0 unspecified atom stereocenters. The van der Waals surface area contributed by atoms with Crippen molar-refractivity contribution in [3.05, 3.63) is 29.3 Å². The average molecular weight is 401 g/mol. The summed E-state index contributed by atoms with van der Waals surface area (Å²) < 4.78 is 0. The highest BCUT2D eigenvalue weighted by Crippen LogP contribution is 2.21. The first-order valence-corrected chi connectivity index (χ1v) is 11.1. The first-order valence-electron chi connectivity index (χ1n) is 11.1. The van der Waals surface area contributed by atoms with Crippen molar-refractivity contribution in [3.8, 4) is 0 Å². The number of carbonyl (C=O) groups is 2. The molecule has 0 spiro atoms. The second kappa shape index (κ2) is 10.2. The van der Waals surface area contributed by atoms with E-state index in [1.54, 1.807) is 0 Å². The lowest BCUT2D eigenvalue weighted by Crippen LogP contribution is -2.52. The van der Waals surface area contributed by atoms with E-state index >= 15 is 0 Å². The maximum absolute atomic E-state index is 12.9. The fourth-order valence-electron chi connectivity index (χ4n) is 4.38. The van der Waals surface area contributed by atoms with E-state index in [-0.39, 0.29) is 11.8 Å². The predicted molar refractivity (Wildman–Crippen MR) is 117 cm³/mol. The number of aryl methyl sites for hydroxylation is 1. The Morgan fingerprint density at radius 3 is 2.34 bits per heavy atom. The van der Waals surface area contributed by atoms with Crippen molar-refractivity contribution in [2.75, 3.05) is 57.7 Å². The molecule has 0 radical (unpaired) electrons. The molecule has 2 saturated heterocycles. The molecule has 0 aliphatic carbocycles. The second-order valence-corrected chi connectivity index (χ2v) is 8.51. The van der Waals surface area contributed by atoms with Crippen molar-refractivity contribution in [2.45, 2.75) is 40.0 Å². The van der Waals surface area contributed by atoms with Gasteiger partial charge < -0.3 is 15.1 Å². The summed E-state index contributed by atoms with van der Waals surface area (Å²) in [4.78, 5) is 31.9. The molecule has 2 aliphatic rings. The largest absolute Gasteiger partial charge is 0.340 e. The smallest absolute Gasteiger partial charge is 0.238 e. The summed E-state index contributed by atoms with van der Waals surface area (Å²) in [5, 5.41) is 3.03. The number of rotatable bonds is 6. The summed E-state index contributed by atoms with van der Waals surface area (Å²) in [7, 11) is 0. The van der Waals surface area contributed by atoms with Gasteiger partial charge in [-0.25, -0.2) is 0 Å². The standard InChI is InChI=1S/C23H36N4O2/c1-4-10-25-11-8-20(9-12-25)23(29)27-15-13-26(14-16-27)17-22(28)24-21-7-5-6-18(2)19(21)3/h5-7,20H,4,8-17H2,1-3H3,(H,24,28). The monoisotopic (exact) mass is 400 g/mol. The molecule has 2 fully saturated rings. The topological polar surface area (TPSA) is 55.9 Å². The number of nitrogens with one attached hydrogen (secondary N) is 1. The number of benzene rings is 1. The third-order valence-electron chi connectivity index (χ3n) is 6.41. The zero-order chi connectivity index (χ0) is 20.8. The number of amides is 2. The van der Waals surface area contributed by atoms with E-state index in [9.17, 15) is 9.59 Å². The lowest BCUT2D eigenvalue weighted by molar-refractivity contribution is -0.139. The number of hydrogen-bond donors (Lipinski definition) is 1. The lowest BCUT2D eigenvalue weighted by atomic mass is 9.95. The molecule has 6 nitrogen and oxygen atoms in total. The van der Waals surface area contributed by atoms with Crippen molar-refractivity contribution in [2.24, 2.45) is 5.92 Å². The van der Waals surface area contributed by atoms with Crippen LogP contribution in [0.15, 0.2) is 18.2 Å². The van der Waals surface area contributed by atoms with Crippen molar-refractivity contribution in [1.29, 1.82) is 0 Å². The fourth-order valence-corrected chi connectivity index (χ4v) is 4.38. The number of hydrogen-bond acceptors (Lipinski definition) is 4. The van der Waals surface area contributed by atoms with Crippen molar-refractivity contribution < 1.29 is 9.59 Å². The van der Waals surface area contributed by atoms with E-state index in [0.29, 0.717) is 12.5 Å². The van der Waals surface area contributed by atoms with Gasteiger partial charge in [0.2, 0.25) is 11.8 Å². The molecular weight excluding hydrogens is 364 g/mol. The highest BCUT2D eigenvalue weighted by molar-refractivity contribution is 5.93. The Kier molecular flexibility index (Phi) is 7.67. The first-order chi connectivity index (χ1) is 14.0. The van der Waals surface area contributed by atoms with Gasteiger partial charge in [0, 0.05) is 37.8 Å². The van der Waals surface area contributed by atoms with Gasteiger partial charge in [0.1, 0.15) is 0 Å². The van der Waals surface area contributed by atoms with Crippen molar-refractivity contribution in [3.63, 3.8) is 0 Å². The molecule has 0 bridgehead atoms. The first kappa shape index (κ1) is 21.8. The normalized spacial score (nSPS) is 19.3. The van der Waals surface area contributed by atoms with Gasteiger partial charge in [-0.05, 0) is 69.9 Å². The van der Waals surface area contributed by atoms with Gasteiger partial charge in [-0.3, -0.25) is 14.5 Å². The molecule has 29 heavy (non-hydrogen) atoms. The van der Waals surface area contributed by atoms with E-state index < -0.39 is 0 Å². The van der Waals surface area contributed by atoms with Crippen LogP contribution in [0.25, 0.3) is 0 Å². The van der Waals surface area contributed by atoms with Crippen LogP contribution in [0.5, 0.6) is 0 Å². The highest BCUT2D eigenvalue weighted by Gasteiger charge is 2.30. The molecule has 3 rings (SSSR count). The minimum absolute atomic E-state index is 0.0155. The van der Waals surface area contributed by atoms with Crippen LogP contribution >= 0.6 is 0 Å². The van der Waals surface area contributed by atoms with Crippen LogP contribution in [0.1, 0.15) is 37.3 Å². The number of piperazine rings is 1. The van der Waals surface area contributed by atoms with Crippen molar-refractivity contribution >= 4 is 17.5 Å². The third kappa shape index (κ3) is 5.80. The lowest BCUT2D eigenvalue weighted by Gasteiger charge is -2.38. The van der Waals surface area contributed by atoms with Crippen LogP contribution in [0, 0.1) is 19.8 Å². The molecule has 2 aliphatic heterocycles. The zero-order valence-corrected chi connectivity index (χ0v) is 18.2. The quantitative estimate of drug-likeness (QED) is 0.797. The van der Waals surface area contributed by atoms with Gasteiger partial charge in [0.15, 0.2) is 0 Å². The van der Waals surface area contributed by atoms with Gasteiger partial charge in [0.05, 0.1) is 6.54 Å². The summed E-state index contributed by atoms with van der Waals surface area (Å²) in [6.45, 7) is 12.9. The Morgan fingerprint density at radius 2 is 1.69 bits per heavy atom. The Morgan fingerprint density at radius 1 is 1.00 bits per heavy atom. The van der Waals surface area contributed by atoms with Gasteiger partial charge >= 0.3 is 0 Å². The van der Waals surface area contributed by atoms with Gasteiger partial charge in [-0.1, -0.05) is 19.1 Å². The summed E-state index contributed by atoms with van der Waals surface area (Å²) in [5.41, 5.74) is 3.18. The molecule has 160 valence electrons. The van der Waals surface area contributed by atoms with E-state index in [0.717, 1.165) is 69.9 Å². The number of carbonyl (C=O) groups excluding carboxylic acids is 2. The molecule has 1 aromatic rings. The number of likely N-dealkylation sites (tertiary alicyclic amines) is 1. The highest BCUT2D eigenvalue weighted by atomic mass is 16.2. The summed E-state index contributed by atoms with van der Waals surface area (Å²) in [6, 6.07) is 5.96. The molecule has 6 heteroatoms. The number of piperidine rings is 1. The minimum Gasteiger partial charge on any atom is -0.340 e. The zero-order valence-electron chi connectivity index (χ0n) is 18.2. The van der Waals surface area contributed by atoms with Crippen LogP contribution in [-0.4, -0.2) is 78.9 Å². The van der Waals surface area contributed by atoms with E-state index in [1.165, 1.54) is 12.0 Å². The Hall–Kier alpha value is -1.92. The van der Waals surface area contributed by atoms with Crippen LogP contribution < -0.4 is 5.32 Å². The predicted octanol–water partition coefficient (Wildman–Crippen LogP) is 2.51. The Labute approximate surface area is 175 Å². The molecular formula is C23H36N4O2. The van der Waals surface area contributed by atoms with E-state index in [2.05, 4.69) is 35.0 Å². The molecule has 2 heterocycles. The van der Waals surface area contributed by atoms with E-state index in [1.807, 2.05) is 24.0 Å². The molecule has 2 amide bonds. The van der Waals surface area contributed by atoms with Crippen LogP contribution in [-0.2, 0) is 9.59 Å². The fraction of sp³-hybridized carbons (Fsp3) is 0.652. The maximum atomic E-state index is 12.9. The molecule has 0 aromatic heterocycles. The molecule has 0 atom stereocenters. The van der Waals surface area contributed by atoms with E-state index in [4.69, 9.17) is 0 Å². The summed E-state index contributed by atoms with van der Waals surface area (Å²) in [5.74, 6) is 0.518. The summed E-state index contributed by atoms with van der Waals surface area (Å²) in [6.07, 6.45) is 3.15. The number of nitrogens with zero attached hydrogens (tertiary/aromatic N) is 3. The SMILES string of the molecule is CCCN1CCC(C(=O)N2CCN(CC(=O)Nc3cccc(C)c3C)CC2)CC1. The Bertz CT molecular complexity index is 705. The van der Waals surface area contributed by atoms with Crippen LogP contribution in [0.4, 0.5) is 5.69 Å². The van der Waals surface area contributed by atoms with Crippen LogP contribution in [0.2, 0.25) is 0 Å². The Balaban J connectivity index is 1.41. The summed E-state index contributed by atoms with van der Waals surface area (Å²) >= 11 is 0. The van der Waals surface area contributed by atoms with Crippen LogP contribution in [0.3, 0.4) is 0 Å². The van der Waals surface area contributed by atoms with Gasteiger partial charge in [0.25, 0.3) is 0 Å². The minimum atomic E-state index is 0.0155. The maximum Gasteiger partial charge on any atom is 0.238 e. The van der Waals surface area contributed by atoms with Gasteiger partial charge in [-0.15, -0.1) is 0 Å². The molecule has 1 aromatic carbocycles. The second-order valence-electron chi connectivity index (χ2n) is 8.51. The van der Waals surface area contributed by atoms with Gasteiger partial charge in [-0.2, -0.15) is 0 Å². The number of anilines is 1. The molecule has 1 N–H and O–H groups in total. The molecule has 0 saturated carbocycles. The third-order valence-corrected chi connectivity index (χ3v) is 6.41. The average Bonchev–Trinajstić information content (AvgIpc) is 2.72. The van der Waals surface area contributed by atoms with Crippen molar-refractivity contribution in [1.82, 2.24) is 14.7 Å².